The fourth-order valence-electron chi connectivity index (χ4n) is 2.47. The summed E-state index contributed by atoms with van der Waals surface area (Å²) in [4.78, 5) is 3.67. The summed E-state index contributed by atoms with van der Waals surface area (Å²) in [5.74, 6) is 0.310. The molecule has 0 radical (unpaired) electrons. The monoisotopic (exact) mass is 286 g/mol. The maximum absolute atomic E-state index is 13.6. The Morgan fingerprint density at radius 2 is 2.00 bits per heavy atom. The fourth-order valence-corrected chi connectivity index (χ4v) is 3.91. The second-order valence-electron chi connectivity index (χ2n) is 5.28. The summed E-state index contributed by atoms with van der Waals surface area (Å²) in [6.45, 7) is 5.18. The van der Waals surface area contributed by atoms with Gasteiger partial charge in [0, 0.05) is 19.3 Å². The third kappa shape index (κ3) is 2.95. The summed E-state index contributed by atoms with van der Waals surface area (Å²) in [5, 5.41) is -0.460. The first kappa shape index (κ1) is 14.4. The van der Waals surface area contributed by atoms with Crippen molar-refractivity contribution in [1.82, 2.24) is 9.29 Å². The van der Waals surface area contributed by atoms with Crippen LogP contribution in [0.1, 0.15) is 26.7 Å². The lowest BCUT2D eigenvalue weighted by atomic mass is 9.87. The first-order valence-electron chi connectivity index (χ1n) is 6.53. The summed E-state index contributed by atoms with van der Waals surface area (Å²) in [5.41, 5.74) is 0. The van der Waals surface area contributed by atoms with Gasteiger partial charge >= 0.3 is 0 Å². The van der Waals surface area contributed by atoms with Crippen LogP contribution in [-0.2, 0) is 10.0 Å². The number of hydrogen-bond acceptors (Lipinski definition) is 3. The molecule has 0 spiro atoms. The number of aromatic nitrogens is 1. The zero-order chi connectivity index (χ0) is 14.0. The van der Waals surface area contributed by atoms with E-state index >= 15 is 0 Å². The Kier molecular flexibility index (Phi) is 4.20. The van der Waals surface area contributed by atoms with Crippen molar-refractivity contribution in [1.29, 1.82) is 0 Å². The van der Waals surface area contributed by atoms with Crippen molar-refractivity contribution < 1.29 is 12.8 Å². The second kappa shape index (κ2) is 5.54. The van der Waals surface area contributed by atoms with Crippen molar-refractivity contribution in [3.63, 3.8) is 0 Å². The van der Waals surface area contributed by atoms with Gasteiger partial charge in [-0.3, -0.25) is 0 Å². The van der Waals surface area contributed by atoms with Gasteiger partial charge in [-0.2, -0.15) is 4.31 Å². The standard InChI is InChI=1S/C13H19FN2O2S/c1-10(2)11-5-8-16(9-6-11)19(17,18)13-12(14)4-3-7-15-13/h3-4,7,10-11H,5-6,8-9H2,1-2H3. The molecule has 1 aromatic heterocycles. The lowest BCUT2D eigenvalue weighted by Gasteiger charge is -2.32. The van der Waals surface area contributed by atoms with Crippen molar-refractivity contribution in [2.45, 2.75) is 31.7 Å². The van der Waals surface area contributed by atoms with E-state index in [9.17, 15) is 12.8 Å². The van der Waals surface area contributed by atoms with Gasteiger partial charge in [0.1, 0.15) is 0 Å². The summed E-state index contributed by atoms with van der Waals surface area (Å²) < 4.78 is 39.5. The van der Waals surface area contributed by atoms with E-state index in [0.717, 1.165) is 18.9 Å². The van der Waals surface area contributed by atoms with Crippen LogP contribution in [0.25, 0.3) is 0 Å². The van der Waals surface area contributed by atoms with Crippen LogP contribution in [-0.4, -0.2) is 30.8 Å². The van der Waals surface area contributed by atoms with Crippen molar-refractivity contribution >= 4 is 10.0 Å². The Morgan fingerprint density at radius 1 is 1.37 bits per heavy atom. The van der Waals surface area contributed by atoms with E-state index < -0.39 is 20.9 Å². The highest BCUT2D eigenvalue weighted by Gasteiger charge is 2.32. The molecule has 6 heteroatoms. The maximum atomic E-state index is 13.6. The van der Waals surface area contributed by atoms with E-state index in [2.05, 4.69) is 18.8 Å². The minimum absolute atomic E-state index is 0.446. The van der Waals surface area contributed by atoms with Gasteiger partial charge in [-0.15, -0.1) is 0 Å². The van der Waals surface area contributed by atoms with E-state index in [1.807, 2.05) is 0 Å². The van der Waals surface area contributed by atoms with Crippen LogP contribution < -0.4 is 0 Å². The van der Waals surface area contributed by atoms with Gasteiger partial charge < -0.3 is 0 Å². The molecule has 0 saturated carbocycles. The molecule has 4 nitrogen and oxygen atoms in total. The molecule has 2 rings (SSSR count). The molecule has 0 aromatic carbocycles. The van der Waals surface area contributed by atoms with Crippen molar-refractivity contribution in [2.24, 2.45) is 11.8 Å². The molecule has 0 aliphatic carbocycles. The molecule has 0 bridgehead atoms. The van der Waals surface area contributed by atoms with Crippen LogP contribution in [0.15, 0.2) is 23.4 Å². The molecule has 0 atom stereocenters. The Balaban J connectivity index is 2.17. The van der Waals surface area contributed by atoms with Crippen molar-refractivity contribution in [2.75, 3.05) is 13.1 Å². The zero-order valence-corrected chi connectivity index (χ0v) is 12.0. The van der Waals surface area contributed by atoms with Crippen LogP contribution in [0.4, 0.5) is 4.39 Å². The van der Waals surface area contributed by atoms with Gasteiger partial charge in [0.05, 0.1) is 0 Å². The molecule has 0 unspecified atom stereocenters. The number of rotatable bonds is 3. The summed E-state index contributed by atoms with van der Waals surface area (Å²) in [6.07, 6.45) is 2.95. The summed E-state index contributed by atoms with van der Waals surface area (Å²) in [6, 6.07) is 2.51. The second-order valence-corrected chi connectivity index (χ2v) is 7.13. The topological polar surface area (TPSA) is 50.3 Å². The van der Waals surface area contributed by atoms with E-state index in [1.165, 1.54) is 16.6 Å². The van der Waals surface area contributed by atoms with Crippen molar-refractivity contribution in [3.8, 4) is 0 Å². The molecule has 1 aromatic rings. The largest absolute Gasteiger partial charge is 0.263 e. The Bertz CT molecular complexity index is 537. The number of piperidine rings is 1. The Morgan fingerprint density at radius 3 is 2.53 bits per heavy atom. The average Bonchev–Trinajstić information content (AvgIpc) is 2.39. The smallest absolute Gasteiger partial charge is 0.241 e. The molecule has 1 fully saturated rings. The van der Waals surface area contributed by atoms with Crippen LogP contribution in [0.3, 0.4) is 0 Å². The normalized spacial score (nSPS) is 18.9. The maximum Gasteiger partial charge on any atom is 0.263 e. The van der Waals surface area contributed by atoms with E-state index in [0.29, 0.717) is 24.9 Å². The highest BCUT2D eigenvalue weighted by Crippen LogP contribution is 2.28. The minimum Gasteiger partial charge on any atom is -0.241 e. The highest BCUT2D eigenvalue weighted by atomic mass is 32.2. The zero-order valence-electron chi connectivity index (χ0n) is 11.2. The number of nitrogens with zero attached hydrogens (tertiary/aromatic N) is 2. The first-order chi connectivity index (χ1) is 8.93. The molecule has 0 N–H and O–H groups in total. The number of halogens is 1. The molecule has 1 aliphatic rings. The van der Waals surface area contributed by atoms with Gasteiger partial charge in [-0.25, -0.2) is 17.8 Å². The SMILES string of the molecule is CC(C)C1CCN(S(=O)(=O)c2ncccc2F)CC1. The highest BCUT2D eigenvalue weighted by molar-refractivity contribution is 7.89. The van der Waals surface area contributed by atoms with Gasteiger partial charge in [0.25, 0.3) is 10.0 Å². The molecule has 1 aliphatic heterocycles. The van der Waals surface area contributed by atoms with Gasteiger partial charge in [-0.1, -0.05) is 13.8 Å². The van der Waals surface area contributed by atoms with Crippen LogP contribution in [0, 0.1) is 17.7 Å². The lowest BCUT2D eigenvalue weighted by molar-refractivity contribution is 0.226. The first-order valence-corrected chi connectivity index (χ1v) is 7.97. The third-order valence-corrected chi connectivity index (χ3v) is 5.58. The molecular weight excluding hydrogens is 267 g/mol. The van der Waals surface area contributed by atoms with Crippen LogP contribution in [0.2, 0.25) is 0 Å². The third-order valence-electron chi connectivity index (χ3n) is 3.75. The molecule has 2 heterocycles. The van der Waals surface area contributed by atoms with Crippen LogP contribution >= 0.6 is 0 Å². The number of pyridine rings is 1. The molecular formula is C13H19FN2O2S. The number of sulfonamides is 1. The average molecular weight is 286 g/mol. The van der Waals surface area contributed by atoms with Gasteiger partial charge in [0.2, 0.25) is 5.03 Å². The summed E-state index contributed by atoms with van der Waals surface area (Å²) >= 11 is 0. The minimum atomic E-state index is -3.79. The Labute approximate surface area is 113 Å². The summed E-state index contributed by atoms with van der Waals surface area (Å²) in [7, 11) is -3.79. The van der Waals surface area contributed by atoms with Crippen LogP contribution in [0.5, 0.6) is 0 Å². The molecule has 19 heavy (non-hydrogen) atoms. The molecule has 106 valence electrons. The molecule has 1 saturated heterocycles. The predicted molar refractivity (Wildman–Crippen MR) is 70.5 cm³/mol. The number of hydrogen-bond donors (Lipinski definition) is 0. The fraction of sp³-hybridized carbons (Fsp3) is 0.615. The van der Waals surface area contributed by atoms with E-state index in [-0.39, 0.29) is 0 Å². The Hall–Kier alpha value is -1.01. The lowest BCUT2D eigenvalue weighted by Crippen LogP contribution is -2.40. The van der Waals surface area contributed by atoms with Gasteiger partial charge in [0.15, 0.2) is 5.82 Å². The quantitative estimate of drug-likeness (QED) is 0.856. The van der Waals surface area contributed by atoms with E-state index in [4.69, 9.17) is 0 Å². The predicted octanol–water partition coefficient (Wildman–Crippen LogP) is 2.28. The van der Waals surface area contributed by atoms with Crippen molar-refractivity contribution in [3.05, 3.63) is 24.1 Å². The van der Waals surface area contributed by atoms with E-state index in [1.54, 1.807) is 0 Å². The molecule has 0 amide bonds. The van der Waals surface area contributed by atoms with Gasteiger partial charge in [-0.05, 0) is 36.8 Å².